The van der Waals surface area contributed by atoms with Gasteiger partial charge in [-0.05, 0) is 48.4 Å². The zero-order valence-electron chi connectivity index (χ0n) is 15.7. The third kappa shape index (κ3) is 4.98. The summed E-state index contributed by atoms with van der Waals surface area (Å²) in [7, 11) is 0. The van der Waals surface area contributed by atoms with Gasteiger partial charge < -0.3 is 15.2 Å². The zero-order chi connectivity index (χ0) is 19.1. The smallest absolute Gasteiger partial charge is 0.407 e. The van der Waals surface area contributed by atoms with Gasteiger partial charge in [0.25, 0.3) is 0 Å². The Hall–Kier alpha value is -2.59. The maximum Gasteiger partial charge on any atom is 0.407 e. The summed E-state index contributed by atoms with van der Waals surface area (Å²) in [6.45, 7) is 2.67. The topological polar surface area (TPSA) is 58.6 Å². The molecule has 27 heavy (non-hydrogen) atoms. The van der Waals surface area contributed by atoms with Crippen LogP contribution in [-0.2, 0) is 4.74 Å². The van der Waals surface area contributed by atoms with Crippen LogP contribution in [0.5, 0.6) is 0 Å². The van der Waals surface area contributed by atoms with Crippen LogP contribution in [0, 0.1) is 0 Å². The van der Waals surface area contributed by atoms with E-state index < -0.39 is 6.10 Å². The number of rotatable bonds is 8. The lowest BCUT2D eigenvalue weighted by atomic mass is 9.98. The van der Waals surface area contributed by atoms with Crippen LogP contribution in [0.25, 0.3) is 11.1 Å². The summed E-state index contributed by atoms with van der Waals surface area (Å²) in [5.74, 6) is 0.0914. The van der Waals surface area contributed by atoms with Crippen molar-refractivity contribution in [2.75, 3.05) is 13.2 Å². The third-order valence-electron chi connectivity index (χ3n) is 4.83. The highest BCUT2D eigenvalue weighted by atomic mass is 16.5. The monoisotopic (exact) mass is 365 g/mol. The highest BCUT2D eigenvalue weighted by Gasteiger charge is 2.28. The van der Waals surface area contributed by atoms with Gasteiger partial charge in [0.05, 0.1) is 6.10 Å². The predicted octanol–water partition coefficient (Wildman–Crippen LogP) is 4.63. The van der Waals surface area contributed by atoms with Gasteiger partial charge in [-0.15, -0.1) is 0 Å². The molecule has 3 rings (SSSR count). The minimum absolute atomic E-state index is 0.0914. The van der Waals surface area contributed by atoms with Crippen LogP contribution in [0.3, 0.4) is 0 Å². The number of carbonyl (C=O) groups excluding carboxylic acids is 1. The predicted molar refractivity (Wildman–Crippen MR) is 108 cm³/mol. The molecule has 2 aromatic carbocycles. The number of fused-ring (bicyclic) bond motifs is 3. The standard InChI is InChI=1S/C23H27NO3/c1-17(25)10-4-2-3-9-15-24-23(26)27-16-22-20-13-7-5-11-18(20)19-12-6-8-14-21(19)22/h4-8,10-14,17,22,25H,2-3,9,15-16H2,1H3,(H,24,26)/b10-4+. The minimum atomic E-state index is -0.399. The average Bonchev–Trinajstić information content (AvgIpc) is 2.99. The maximum atomic E-state index is 12.0. The van der Waals surface area contributed by atoms with E-state index in [0.29, 0.717) is 13.2 Å². The molecule has 142 valence electrons. The fourth-order valence-electron chi connectivity index (χ4n) is 3.52. The molecule has 4 heteroatoms. The van der Waals surface area contributed by atoms with Gasteiger partial charge in [-0.25, -0.2) is 4.79 Å². The van der Waals surface area contributed by atoms with E-state index in [2.05, 4.69) is 29.6 Å². The average molecular weight is 365 g/mol. The van der Waals surface area contributed by atoms with Gasteiger partial charge in [-0.2, -0.15) is 0 Å². The number of ether oxygens (including phenoxy) is 1. The van der Waals surface area contributed by atoms with Gasteiger partial charge in [0.1, 0.15) is 6.61 Å². The lowest BCUT2D eigenvalue weighted by Gasteiger charge is -2.14. The van der Waals surface area contributed by atoms with Gasteiger partial charge in [0, 0.05) is 12.5 Å². The highest BCUT2D eigenvalue weighted by Crippen LogP contribution is 2.44. The Morgan fingerprint density at radius 2 is 1.74 bits per heavy atom. The normalized spacial score (nSPS) is 14.0. The number of allylic oxidation sites excluding steroid dienone is 1. The van der Waals surface area contributed by atoms with E-state index >= 15 is 0 Å². The Morgan fingerprint density at radius 1 is 1.11 bits per heavy atom. The van der Waals surface area contributed by atoms with Crippen LogP contribution in [-0.4, -0.2) is 30.5 Å². The highest BCUT2D eigenvalue weighted by molar-refractivity contribution is 5.79. The number of aliphatic hydroxyl groups excluding tert-OH is 1. The van der Waals surface area contributed by atoms with Crippen molar-refractivity contribution in [1.82, 2.24) is 5.32 Å². The molecule has 0 bridgehead atoms. The molecule has 1 aliphatic carbocycles. The molecule has 0 heterocycles. The van der Waals surface area contributed by atoms with Crippen molar-refractivity contribution in [2.45, 2.75) is 38.2 Å². The van der Waals surface area contributed by atoms with Crippen molar-refractivity contribution in [3.05, 3.63) is 71.8 Å². The van der Waals surface area contributed by atoms with Gasteiger partial charge in [-0.3, -0.25) is 0 Å². The van der Waals surface area contributed by atoms with Crippen molar-refractivity contribution < 1.29 is 14.6 Å². The van der Waals surface area contributed by atoms with Crippen molar-refractivity contribution in [2.24, 2.45) is 0 Å². The first-order valence-electron chi connectivity index (χ1n) is 9.60. The van der Waals surface area contributed by atoms with Crippen molar-refractivity contribution >= 4 is 6.09 Å². The second-order valence-electron chi connectivity index (χ2n) is 6.92. The molecule has 0 spiro atoms. The van der Waals surface area contributed by atoms with Gasteiger partial charge >= 0.3 is 6.09 Å². The first-order chi connectivity index (χ1) is 13.2. The molecular weight excluding hydrogens is 338 g/mol. The van der Waals surface area contributed by atoms with Crippen LogP contribution in [0.15, 0.2) is 60.7 Å². The molecular formula is C23H27NO3. The maximum absolute atomic E-state index is 12.0. The summed E-state index contributed by atoms with van der Waals surface area (Å²) in [5.41, 5.74) is 4.90. The van der Waals surface area contributed by atoms with Crippen LogP contribution in [0.4, 0.5) is 4.79 Å². The second kappa shape index (κ2) is 9.38. The number of alkyl carbamates (subject to hydrolysis) is 1. The molecule has 0 aliphatic heterocycles. The number of hydrogen-bond donors (Lipinski definition) is 2. The number of unbranched alkanes of at least 4 members (excludes halogenated alkanes) is 2. The molecule has 2 N–H and O–H groups in total. The number of hydrogen-bond acceptors (Lipinski definition) is 3. The van der Waals surface area contributed by atoms with Gasteiger partial charge in [0.15, 0.2) is 0 Å². The van der Waals surface area contributed by atoms with E-state index in [1.54, 1.807) is 13.0 Å². The van der Waals surface area contributed by atoms with E-state index in [4.69, 9.17) is 9.84 Å². The largest absolute Gasteiger partial charge is 0.449 e. The number of nitrogens with one attached hydrogen (secondary N) is 1. The molecule has 0 fully saturated rings. The van der Waals surface area contributed by atoms with Crippen molar-refractivity contribution in [3.8, 4) is 11.1 Å². The van der Waals surface area contributed by atoms with Gasteiger partial charge in [0.2, 0.25) is 0 Å². The Labute approximate surface area is 160 Å². The Balaban J connectivity index is 1.46. The molecule has 2 aromatic rings. The van der Waals surface area contributed by atoms with E-state index in [1.807, 2.05) is 30.3 Å². The fraction of sp³-hybridized carbons (Fsp3) is 0.348. The fourth-order valence-corrected chi connectivity index (χ4v) is 3.52. The van der Waals surface area contributed by atoms with Crippen molar-refractivity contribution in [1.29, 1.82) is 0 Å². The molecule has 1 amide bonds. The summed E-state index contributed by atoms with van der Waals surface area (Å²) in [5, 5.41) is 12.0. The molecule has 0 saturated carbocycles. The number of carbonyl (C=O) groups is 1. The Morgan fingerprint density at radius 3 is 2.37 bits per heavy atom. The quantitative estimate of drug-likeness (QED) is 0.529. The molecule has 4 nitrogen and oxygen atoms in total. The third-order valence-corrected chi connectivity index (χ3v) is 4.83. The minimum Gasteiger partial charge on any atom is -0.449 e. The van der Waals surface area contributed by atoms with Crippen LogP contribution >= 0.6 is 0 Å². The number of amides is 1. The van der Waals surface area contributed by atoms with Crippen LogP contribution in [0.1, 0.15) is 43.2 Å². The summed E-state index contributed by atoms with van der Waals surface area (Å²) in [6, 6.07) is 16.6. The summed E-state index contributed by atoms with van der Waals surface area (Å²) in [6.07, 6.45) is 5.73. The lowest BCUT2D eigenvalue weighted by Crippen LogP contribution is -2.27. The van der Waals surface area contributed by atoms with E-state index in [0.717, 1.165) is 19.3 Å². The van der Waals surface area contributed by atoms with E-state index in [9.17, 15) is 4.79 Å². The van der Waals surface area contributed by atoms with E-state index in [1.165, 1.54) is 22.3 Å². The summed E-state index contributed by atoms with van der Waals surface area (Å²) >= 11 is 0. The number of aliphatic hydroxyl groups is 1. The first kappa shape index (κ1) is 19.2. The first-order valence-corrected chi connectivity index (χ1v) is 9.60. The Bertz CT molecular complexity index is 752. The molecule has 0 saturated heterocycles. The van der Waals surface area contributed by atoms with E-state index in [-0.39, 0.29) is 12.0 Å². The van der Waals surface area contributed by atoms with Crippen LogP contribution < -0.4 is 5.32 Å². The molecule has 1 atom stereocenters. The molecule has 1 unspecified atom stereocenters. The second-order valence-corrected chi connectivity index (χ2v) is 6.92. The lowest BCUT2D eigenvalue weighted by molar-refractivity contribution is 0.143. The number of benzene rings is 2. The molecule has 1 aliphatic rings. The summed E-state index contributed by atoms with van der Waals surface area (Å²) < 4.78 is 5.50. The van der Waals surface area contributed by atoms with Crippen molar-refractivity contribution in [3.63, 3.8) is 0 Å². The van der Waals surface area contributed by atoms with Gasteiger partial charge in [-0.1, -0.05) is 60.7 Å². The Kier molecular flexibility index (Phi) is 6.66. The molecule has 0 aromatic heterocycles. The van der Waals surface area contributed by atoms with Crippen LogP contribution in [0.2, 0.25) is 0 Å². The SMILES string of the molecule is CC(O)/C=C/CCCCNC(=O)OCC1c2ccccc2-c2ccccc21. The summed E-state index contributed by atoms with van der Waals surface area (Å²) in [4.78, 5) is 12.0. The zero-order valence-corrected chi connectivity index (χ0v) is 15.7. The molecule has 0 radical (unpaired) electrons.